The highest BCUT2D eigenvalue weighted by Gasteiger charge is 2.11. The van der Waals surface area contributed by atoms with Crippen molar-refractivity contribution in [2.24, 2.45) is 0 Å². The van der Waals surface area contributed by atoms with Crippen LogP contribution in [0.5, 0.6) is 11.5 Å². The third-order valence-electron chi connectivity index (χ3n) is 4.40. The number of nitrogens with zero attached hydrogens (tertiary/aromatic N) is 1. The Labute approximate surface area is 172 Å². The number of aryl methyl sites for hydroxylation is 1. The zero-order valence-corrected chi connectivity index (χ0v) is 17.9. The third kappa shape index (κ3) is 7.75. The average molecular weight is 421 g/mol. The topological polar surface area (TPSA) is 84.9 Å². The molecule has 0 saturated carbocycles. The van der Waals surface area contributed by atoms with Gasteiger partial charge in [-0.15, -0.1) is 0 Å². The standard InChI is InChI=1S/C21H28N2O5S/c1-23(29(3,25)26)15-17-10-12-19(13-11-17)28-16-21(24)22-14-6-8-18-7-4-5-9-20(18)27-2/h4-5,7,9-13H,6,8,14-16H2,1-3H3,(H,22,24). The maximum Gasteiger partial charge on any atom is 0.257 e. The predicted molar refractivity (Wildman–Crippen MR) is 113 cm³/mol. The first-order chi connectivity index (χ1) is 13.8. The zero-order chi connectivity index (χ0) is 21.3. The van der Waals surface area contributed by atoms with Crippen molar-refractivity contribution in [1.29, 1.82) is 0 Å². The van der Waals surface area contributed by atoms with E-state index in [0.717, 1.165) is 29.7 Å². The van der Waals surface area contributed by atoms with Gasteiger partial charge in [0.2, 0.25) is 10.0 Å². The van der Waals surface area contributed by atoms with Gasteiger partial charge in [-0.25, -0.2) is 12.7 Å². The Morgan fingerprint density at radius 2 is 1.79 bits per heavy atom. The molecule has 1 amide bonds. The van der Waals surface area contributed by atoms with E-state index in [2.05, 4.69) is 5.32 Å². The molecule has 29 heavy (non-hydrogen) atoms. The van der Waals surface area contributed by atoms with Crippen LogP contribution in [0.15, 0.2) is 48.5 Å². The molecule has 0 atom stereocenters. The Balaban J connectivity index is 1.69. The lowest BCUT2D eigenvalue weighted by molar-refractivity contribution is -0.123. The van der Waals surface area contributed by atoms with Gasteiger partial charge in [-0.05, 0) is 42.2 Å². The number of nitrogens with one attached hydrogen (secondary N) is 1. The van der Waals surface area contributed by atoms with E-state index in [1.807, 2.05) is 24.3 Å². The van der Waals surface area contributed by atoms with Crippen LogP contribution in [0.25, 0.3) is 0 Å². The fourth-order valence-corrected chi connectivity index (χ4v) is 3.07. The Bertz CT molecular complexity index is 898. The third-order valence-corrected chi connectivity index (χ3v) is 5.66. The molecule has 0 fully saturated rings. The Morgan fingerprint density at radius 1 is 1.10 bits per heavy atom. The van der Waals surface area contributed by atoms with Crippen LogP contribution in [0.3, 0.4) is 0 Å². The van der Waals surface area contributed by atoms with Gasteiger partial charge in [-0.3, -0.25) is 4.79 Å². The Kier molecular flexibility index (Phi) is 8.48. The summed E-state index contributed by atoms with van der Waals surface area (Å²) in [5, 5.41) is 2.84. The molecule has 1 N–H and O–H groups in total. The van der Waals surface area contributed by atoms with Crippen molar-refractivity contribution in [3.05, 3.63) is 59.7 Å². The normalized spacial score (nSPS) is 11.3. The number of carbonyl (C=O) groups excluding carboxylic acids is 1. The number of sulfonamides is 1. The molecule has 0 unspecified atom stereocenters. The second-order valence-electron chi connectivity index (χ2n) is 6.72. The minimum Gasteiger partial charge on any atom is -0.496 e. The highest BCUT2D eigenvalue weighted by Crippen LogP contribution is 2.18. The molecular formula is C21H28N2O5S. The first kappa shape index (κ1) is 22.7. The molecule has 2 aromatic rings. The van der Waals surface area contributed by atoms with Gasteiger partial charge in [-0.2, -0.15) is 0 Å². The molecule has 0 aliphatic rings. The lowest BCUT2D eigenvalue weighted by Gasteiger charge is -2.14. The number of hydrogen-bond donors (Lipinski definition) is 1. The van der Waals surface area contributed by atoms with E-state index in [1.165, 1.54) is 17.6 Å². The number of benzene rings is 2. The van der Waals surface area contributed by atoms with Crippen LogP contribution >= 0.6 is 0 Å². The number of rotatable bonds is 11. The summed E-state index contributed by atoms with van der Waals surface area (Å²) in [4.78, 5) is 11.9. The van der Waals surface area contributed by atoms with Crippen molar-refractivity contribution >= 4 is 15.9 Å². The van der Waals surface area contributed by atoms with E-state index in [4.69, 9.17) is 9.47 Å². The van der Waals surface area contributed by atoms with E-state index >= 15 is 0 Å². The first-order valence-electron chi connectivity index (χ1n) is 9.31. The number of para-hydroxylation sites is 1. The number of carbonyl (C=O) groups is 1. The van der Waals surface area contributed by atoms with Gasteiger partial charge >= 0.3 is 0 Å². The molecule has 8 heteroatoms. The fraction of sp³-hybridized carbons (Fsp3) is 0.381. The Morgan fingerprint density at radius 3 is 2.45 bits per heavy atom. The molecular weight excluding hydrogens is 392 g/mol. The maximum absolute atomic E-state index is 11.9. The lowest BCUT2D eigenvalue weighted by atomic mass is 10.1. The Hall–Kier alpha value is -2.58. The second kappa shape index (κ2) is 10.8. The second-order valence-corrected chi connectivity index (χ2v) is 8.81. The molecule has 0 aromatic heterocycles. The van der Waals surface area contributed by atoms with Crippen LogP contribution in [0.1, 0.15) is 17.5 Å². The van der Waals surface area contributed by atoms with Crippen molar-refractivity contribution in [2.45, 2.75) is 19.4 Å². The van der Waals surface area contributed by atoms with Crippen molar-refractivity contribution in [3.8, 4) is 11.5 Å². The summed E-state index contributed by atoms with van der Waals surface area (Å²) in [5.41, 5.74) is 1.95. The van der Waals surface area contributed by atoms with E-state index in [1.54, 1.807) is 31.4 Å². The molecule has 7 nitrogen and oxygen atoms in total. The summed E-state index contributed by atoms with van der Waals surface area (Å²) in [6.07, 6.45) is 2.78. The molecule has 0 aliphatic carbocycles. The molecule has 158 valence electrons. The van der Waals surface area contributed by atoms with Gasteiger partial charge in [0.1, 0.15) is 11.5 Å². The number of methoxy groups -OCH3 is 1. The van der Waals surface area contributed by atoms with E-state index in [-0.39, 0.29) is 19.1 Å². The molecule has 2 aromatic carbocycles. The van der Waals surface area contributed by atoms with E-state index < -0.39 is 10.0 Å². The van der Waals surface area contributed by atoms with Crippen LogP contribution < -0.4 is 14.8 Å². The summed E-state index contributed by atoms with van der Waals surface area (Å²) < 4.78 is 35.0. The molecule has 0 aliphatic heterocycles. The number of amides is 1. The van der Waals surface area contributed by atoms with Crippen LogP contribution in [0.2, 0.25) is 0 Å². The predicted octanol–water partition coefficient (Wildman–Crippen LogP) is 2.21. The van der Waals surface area contributed by atoms with E-state index in [9.17, 15) is 13.2 Å². The van der Waals surface area contributed by atoms with Crippen LogP contribution in [-0.4, -0.2) is 52.2 Å². The number of ether oxygens (including phenoxy) is 2. The minimum absolute atomic E-state index is 0.0722. The maximum atomic E-state index is 11.9. The van der Waals surface area contributed by atoms with Gasteiger partial charge < -0.3 is 14.8 Å². The number of hydrogen-bond acceptors (Lipinski definition) is 5. The molecule has 0 heterocycles. The summed E-state index contributed by atoms with van der Waals surface area (Å²) in [6.45, 7) is 0.764. The van der Waals surface area contributed by atoms with Crippen LogP contribution in [0.4, 0.5) is 0 Å². The summed E-state index contributed by atoms with van der Waals surface area (Å²) in [6, 6.07) is 14.8. The van der Waals surface area contributed by atoms with Crippen molar-refractivity contribution in [3.63, 3.8) is 0 Å². The highest BCUT2D eigenvalue weighted by molar-refractivity contribution is 7.88. The van der Waals surface area contributed by atoms with Gasteiger partial charge in [0, 0.05) is 20.1 Å². The summed E-state index contributed by atoms with van der Waals surface area (Å²) in [5.74, 6) is 1.22. The smallest absolute Gasteiger partial charge is 0.257 e. The molecule has 0 saturated heterocycles. The van der Waals surface area contributed by atoms with Gasteiger partial charge in [0.05, 0.1) is 13.4 Å². The monoisotopic (exact) mass is 420 g/mol. The van der Waals surface area contributed by atoms with Gasteiger partial charge in [0.25, 0.3) is 5.91 Å². The van der Waals surface area contributed by atoms with Crippen molar-refractivity contribution < 1.29 is 22.7 Å². The van der Waals surface area contributed by atoms with Crippen molar-refractivity contribution in [1.82, 2.24) is 9.62 Å². The minimum atomic E-state index is -3.22. The fourth-order valence-electron chi connectivity index (χ4n) is 2.68. The molecule has 0 spiro atoms. The van der Waals surface area contributed by atoms with Crippen LogP contribution in [0, 0.1) is 0 Å². The summed E-state index contributed by atoms with van der Waals surface area (Å²) in [7, 11) is -0.0504. The quantitative estimate of drug-likeness (QED) is 0.564. The largest absolute Gasteiger partial charge is 0.496 e. The zero-order valence-electron chi connectivity index (χ0n) is 17.1. The molecule has 0 bridgehead atoms. The lowest BCUT2D eigenvalue weighted by Crippen LogP contribution is -2.29. The van der Waals surface area contributed by atoms with Crippen molar-refractivity contribution in [2.75, 3.05) is 33.6 Å². The van der Waals surface area contributed by atoms with Gasteiger partial charge in [0.15, 0.2) is 6.61 Å². The summed E-state index contributed by atoms with van der Waals surface area (Å²) >= 11 is 0. The first-order valence-corrected chi connectivity index (χ1v) is 11.2. The van der Waals surface area contributed by atoms with E-state index in [0.29, 0.717) is 12.3 Å². The molecule has 2 rings (SSSR count). The average Bonchev–Trinajstić information content (AvgIpc) is 2.70. The molecule has 0 radical (unpaired) electrons. The SMILES string of the molecule is COc1ccccc1CCCNC(=O)COc1ccc(CN(C)S(C)(=O)=O)cc1. The van der Waals surface area contributed by atoms with Gasteiger partial charge in [-0.1, -0.05) is 30.3 Å². The van der Waals surface area contributed by atoms with Crippen LogP contribution in [-0.2, 0) is 27.8 Å². The highest BCUT2D eigenvalue weighted by atomic mass is 32.2.